The van der Waals surface area contributed by atoms with E-state index in [0.29, 0.717) is 11.3 Å². The Balaban J connectivity index is 1.50. The average Bonchev–Trinajstić information content (AvgIpc) is 2.78. The predicted molar refractivity (Wildman–Crippen MR) is 113 cm³/mol. The molecule has 180 valence electrons. The largest absolute Gasteiger partial charge is 0.466 e. The van der Waals surface area contributed by atoms with Crippen molar-refractivity contribution < 1.29 is 47.8 Å². The molecule has 0 saturated carbocycles. The predicted octanol–water partition coefficient (Wildman–Crippen LogP) is 1.80. The van der Waals surface area contributed by atoms with Gasteiger partial charge in [-0.3, -0.25) is 0 Å². The second-order valence-electron chi connectivity index (χ2n) is 7.24. The van der Waals surface area contributed by atoms with Crippen molar-refractivity contribution in [2.75, 3.05) is 11.9 Å². The molecule has 5 atom stereocenters. The van der Waals surface area contributed by atoms with E-state index >= 15 is 0 Å². The number of nitrogens with one attached hydrogen (secondary N) is 1. The van der Waals surface area contributed by atoms with Gasteiger partial charge in [0.2, 0.25) is 6.29 Å². The fourth-order valence-electron chi connectivity index (χ4n) is 3.01. The van der Waals surface area contributed by atoms with Gasteiger partial charge in [-0.15, -0.1) is 0 Å². The number of aliphatic hydroxyl groups is 4. The number of ether oxygens (including phenoxy) is 3. The molecule has 0 spiro atoms. The minimum absolute atomic E-state index is 0.0311. The van der Waals surface area contributed by atoms with Crippen molar-refractivity contribution >= 4 is 23.1 Å². The van der Waals surface area contributed by atoms with Gasteiger partial charge in [-0.1, -0.05) is 12.1 Å². The van der Waals surface area contributed by atoms with E-state index in [1.165, 1.54) is 12.1 Å². The number of rotatable bonds is 6. The molecule has 8 nitrogen and oxygen atoms in total. The van der Waals surface area contributed by atoms with Gasteiger partial charge in [0.25, 0.3) is 5.17 Å². The highest BCUT2D eigenvalue weighted by molar-refractivity contribution is 7.80. The lowest BCUT2D eigenvalue weighted by molar-refractivity contribution is -0.277. The van der Waals surface area contributed by atoms with Crippen molar-refractivity contribution in [3.63, 3.8) is 0 Å². The zero-order valence-corrected chi connectivity index (χ0v) is 17.8. The van der Waals surface area contributed by atoms with Gasteiger partial charge in [-0.05, 0) is 54.2 Å². The zero-order chi connectivity index (χ0) is 24.2. The molecule has 2 aromatic carbocycles. The van der Waals surface area contributed by atoms with E-state index < -0.39 is 49.1 Å². The SMILES string of the molecule is OC[C@H]1O[C@@H](Oc2ccc(COC(=S)Nc3ccc(C(F)(F)F)cc3)cc2)[C@H](O)[C@@H](O)[C@@H]1O. The lowest BCUT2D eigenvalue weighted by Crippen LogP contribution is -2.60. The Kier molecular flexibility index (Phi) is 8.10. The molecule has 1 fully saturated rings. The summed E-state index contributed by atoms with van der Waals surface area (Å²) < 4.78 is 54.0. The lowest BCUT2D eigenvalue weighted by Gasteiger charge is -2.39. The first kappa shape index (κ1) is 25.1. The first-order valence-electron chi connectivity index (χ1n) is 9.75. The van der Waals surface area contributed by atoms with E-state index in [1.54, 1.807) is 24.3 Å². The van der Waals surface area contributed by atoms with E-state index in [1.807, 2.05) is 0 Å². The number of anilines is 1. The third kappa shape index (κ3) is 6.53. The molecule has 12 heteroatoms. The molecule has 0 aromatic heterocycles. The van der Waals surface area contributed by atoms with Crippen molar-refractivity contribution in [3.05, 3.63) is 59.7 Å². The topological polar surface area (TPSA) is 121 Å². The van der Waals surface area contributed by atoms with Crippen molar-refractivity contribution in [2.24, 2.45) is 0 Å². The normalized spacial score (nSPS) is 25.4. The molecular weight excluding hydrogens is 467 g/mol. The summed E-state index contributed by atoms with van der Waals surface area (Å²) in [5.74, 6) is 0.286. The van der Waals surface area contributed by atoms with Crippen LogP contribution in [0.15, 0.2) is 48.5 Å². The van der Waals surface area contributed by atoms with Crippen molar-refractivity contribution in [2.45, 2.75) is 43.5 Å². The summed E-state index contributed by atoms with van der Waals surface area (Å²) in [6.45, 7) is -0.506. The molecule has 0 aliphatic carbocycles. The van der Waals surface area contributed by atoms with Gasteiger partial charge in [0.1, 0.15) is 36.8 Å². The van der Waals surface area contributed by atoms with Gasteiger partial charge < -0.3 is 40.0 Å². The number of hydrogen-bond donors (Lipinski definition) is 5. The zero-order valence-electron chi connectivity index (χ0n) is 17.0. The summed E-state index contributed by atoms with van der Waals surface area (Å²) in [5, 5.41) is 41.5. The summed E-state index contributed by atoms with van der Waals surface area (Å²) in [4.78, 5) is 0. The Morgan fingerprint density at radius 2 is 1.61 bits per heavy atom. The summed E-state index contributed by atoms with van der Waals surface area (Å²) in [6, 6.07) is 10.7. The minimum atomic E-state index is -4.42. The Morgan fingerprint density at radius 3 is 2.18 bits per heavy atom. The van der Waals surface area contributed by atoms with Gasteiger partial charge in [0, 0.05) is 5.69 Å². The van der Waals surface area contributed by atoms with Crippen LogP contribution in [0.25, 0.3) is 0 Å². The molecule has 0 amide bonds. The van der Waals surface area contributed by atoms with Gasteiger partial charge in [-0.2, -0.15) is 13.2 Å². The molecule has 1 heterocycles. The third-order valence-corrected chi connectivity index (χ3v) is 5.07. The number of halogens is 3. The first-order valence-corrected chi connectivity index (χ1v) is 10.2. The van der Waals surface area contributed by atoms with Gasteiger partial charge in [-0.25, -0.2) is 0 Å². The molecular formula is C21H22F3NO7S. The number of hydrogen-bond acceptors (Lipinski definition) is 8. The van der Waals surface area contributed by atoms with E-state index in [4.69, 9.17) is 26.4 Å². The molecule has 1 aliphatic rings. The maximum atomic E-state index is 12.6. The van der Waals surface area contributed by atoms with E-state index in [0.717, 1.165) is 12.1 Å². The van der Waals surface area contributed by atoms with E-state index in [-0.39, 0.29) is 17.5 Å². The summed E-state index contributed by atoms with van der Waals surface area (Å²) in [7, 11) is 0. The summed E-state index contributed by atoms with van der Waals surface area (Å²) in [6.07, 6.45) is -11.4. The Bertz CT molecular complexity index is 925. The molecule has 1 saturated heterocycles. The second-order valence-corrected chi connectivity index (χ2v) is 7.61. The number of aliphatic hydroxyl groups excluding tert-OH is 4. The summed E-state index contributed by atoms with van der Waals surface area (Å²) in [5.41, 5.74) is 0.259. The number of benzene rings is 2. The highest BCUT2D eigenvalue weighted by Gasteiger charge is 2.44. The van der Waals surface area contributed by atoms with Crippen LogP contribution in [0.1, 0.15) is 11.1 Å². The highest BCUT2D eigenvalue weighted by atomic mass is 32.1. The fourth-order valence-corrected chi connectivity index (χ4v) is 3.19. The Morgan fingerprint density at radius 1 is 0.970 bits per heavy atom. The van der Waals surface area contributed by atoms with Crippen molar-refractivity contribution in [3.8, 4) is 5.75 Å². The molecule has 0 radical (unpaired) electrons. The van der Waals surface area contributed by atoms with Crippen LogP contribution >= 0.6 is 12.2 Å². The maximum Gasteiger partial charge on any atom is 0.416 e. The number of alkyl halides is 3. The third-order valence-electron chi connectivity index (χ3n) is 4.85. The van der Waals surface area contributed by atoms with E-state index in [2.05, 4.69) is 5.32 Å². The molecule has 33 heavy (non-hydrogen) atoms. The standard InChI is InChI=1S/C21H22F3NO7S/c22-21(23,24)12-3-5-13(6-4-12)25-20(33)30-10-11-1-7-14(8-2-11)31-19-18(29)17(28)16(27)15(9-26)32-19/h1-8,15-19,26-29H,9-10H2,(H,25,33)/t15-,16-,17+,18-,19-/m1/s1. The quantitative estimate of drug-likeness (QED) is 0.387. The Hall–Kier alpha value is -2.48. The maximum absolute atomic E-state index is 12.6. The molecule has 0 unspecified atom stereocenters. The van der Waals surface area contributed by atoms with Crippen molar-refractivity contribution in [1.29, 1.82) is 0 Å². The van der Waals surface area contributed by atoms with Crippen LogP contribution in [0, 0.1) is 0 Å². The smallest absolute Gasteiger partial charge is 0.416 e. The highest BCUT2D eigenvalue weighted by Crippen LogP contribution is 2.30. The van der Waals surface area contributed by atoms with Gasteiger partial charge >= 0.3 is 6.18 Å². The molecule has 0 bridgehead atoms. The molecule has 5 N–H and O–H groups in total. The van der Waals surface area contributed by atoms with Crippen LogP contribution < -0.4 is 10.1 Å². The lowest BCUT2D eigenvalue weighted by atomic mass is 9.99. The minimum Gasteiger partial charge on any atom is -0.466 e. The van der Waals surface area contributed by atoms with Crippen LogP contribution in [0.3, 0.4) is 0 Å². The molecule has 3 rings (SSSR count). The second kappa shape index (κ2) is 10.6. The van der Waals surface area contributed by atoms with Crippen LogP contribution in [0.5, 0.6) is 5.75 Å². The Labute approximate surface area is 192 Å². The first-order chi connectivity index (χ1) is 15.6. The average molecular weight is 489 g/mol. The molecule has 1 aliphatic heterocycles. The van der Waals surface area contributed by atoms with Crippen LogP contribution in [-0.2, 0) is 22.3 Å². The van der Waals surface area contributed by atoms with Crippen LogP contribution in [0.2, 0.25) is 0 Å². The van der Waals surface area contributed by atoms with E-state index in [9.17, 15) is 33.6 Å². The van der Waals surface area contributed by atoms with Gasteiger partial charge in [0.15, 0.2) is 0 Å². The van der Waals surface area contributed by atoms with Gasteiger partial charge in [0.05, 0.1) is 12.2 Å². The summed E-state index contributed by atoms with van der Waals surface area (Å²) >= 11 is 5.04. The molecule has 2 aromatic rings. The number of thiocarbonyl (C=S) groups is 1. The monoisotopic (exact) mass is 489 g/mol. The fraction of sp³-hybridized carbons (Fsp3) is 0.381. The van der Waals surface area contributed by atoms with Crippen LogP contribution in [-0.4, -0.2) is 62.9 Å². The van der Waals surface area contributed by atoms with Crippen molar-refractivity contribution in [1.82, 2.24) is 0 Å². The van der Waals surface area contributed by atoms with Crippen LogP contribution in [0.4, 0.5) is 18.9 Å².